The van der Waals surface area contributed by atoms with Crippen LogP contribution >= 0.6 is 0 Å². The summed E-state index contributed by atoms with van der Waals surface area (Å²) in [5, 5.41) is 6.51. The number of nitrogens with one attached hydrogen (secondary N) is 1. The summed E-state index contributed by atoms with van der Waals surface area (Å²) in [5.74, 6) is -0.268. The van der Waals surface area contributed by atoms with Gasteiger partial charge in [0, 0.05) is 6.54 Å². The molecule has 0 aliphatic rings. The van der Waals surface area contributed by atoms with E-state index in [1.54, 1.807) is 25.3 Å². The molecule has 0 atom stereocenters. The van der Waals surface area contributed by atoms with Gasteiger partial charge in [-0.25, -0.2) is 4.79 Å². The van der Waals surface area contributed by atoms with Gasteiger partial charge in [0.1, 0.15) is 5.75 Å². The fourth-order valence-electron chi connectivity index (χ4n) is 2.88. The van der Waals surface area contributed by atoms with Gasteiger partial charge in [0.25, 0.3) is 0 Å². The number of methoxy groups -OCH3 is 1. The van der Waals surface area contributed by atoms with E-state index in [2.05, 4.69) is 15.5 Å². The van der Waals surface area contributed by atoms with Crippen LogP contribution in [0.2, 0.25) is 0 Å². The van der Waals surface area contributed by atoms with Crippen molar-refractivity contribution in [2.45, 2.75) is 20.0 Å². The standard InChI is InChI=1S/C20H18N4O5/c1-12-3-8-16-15(9-12)24(20(26)28-16)11-17-22-19(29-23-17)18(25)21-10-13-4-6-14(27-2)7-5-13/h3-9H,10-11H2,1-2H3,(H,21,25). The van der Waals surface area contributed by atoms with Crippen molar-refractivity contribution < 1.29 is 18.5 Å². The van der Waals surface area contributed by atoms with Crippen LogP contribution in [-0.2, 0) is 13.1 Å². The molecular formula is C20H18N4O5. The number of carbonyl (C=O) groups is 1. The summed E-state index contributed by atoms with van der Waals surface area (Å²) >= 11 is 0. The number of hydrogen-bond donors (Lipinski definition) is 1. The van der Waals surface area contributed by atoms with Crippen LogP contribution in [0.3, 0.4) is 0 Å². The Morgan fingerprint density at radius 3 is 2.76 bits per heavy atom. The zero-order valence-electron chi connectivity index (χ0n) is 15.8. The predicted octanol–water partition coefficient (Wildman–Crippen LogP) is 2.27. The highest BCUT2D eigenvalue weighted by Gasteiger charge is 2.17. The number of fused-ring (bicyclic) bond motifs is 1. The normalized spacial score (nSPS) is 11.0. The van der Waals surface area contributed by atoms with Crippen LogP contribution in [-0.4, -0.2) is 27.7 Å². The molecule has 148 valence electrons. The monoisotopic (exact) mass is 394 g/mol. The number of aromatic nitrogens is 3. The molecule has 1 amide bonds. The lowest BCUT2D eigenvalue weighted by atomic mass is 10.2. The molecule has 2 aromatic carbocycles. The summed E-state index contributed by atoms with van der Waals surface area (Å²) in [6.07, 6.45) is 0. The molecular weight excluding hydrogens is 376 g/mol. The quantitative estimate of drug-likeness (QED) is 0.534. The van der Waals surface area contributed by atoms with E-state index >= 15 is 0 Å². The second-order valence-electron chi connectivity index (χ2n) is 6.47. The third-order valence-electron chi connectivity index (χ3n) is 4.40. The molecule has 0 unspecified atom stereocenters. The molecule has 2 aromatic heterocycles. The number of oxazole rings is 1. The van der Waals surface area contributed by atoms with Crippen molar-refractivity contribution in [2.75, 3.05) is 7.11 Å². The Morgan fingerprint density at radius 2 is 2.00 bits per heavy atom. The first-order valence-corrected chi connectivity index (χ1v) is 8.87. The molecule has 0 fully saturated rings. The lowest BCUT2D eigenvalue weighted by molar-refractivity contribution is 0.0907. The van der Waals surface area contributed by atoms with Crippen LogP contribution in [0.4, 0.5) is 0 Å². The summed E-state index contributed by atoms with van der Waals surface area (Å²) in [7, 11) is 1.59. The van der Waals surface area contributed by atoms with Crippen molar-refractivity contribution in [3.05, 3.63) is 75.9 Å². The first kappa shape index (κ1) is 18.5. The van der Waals surface area contributed by atoms with Gasteiger partial charge in [-0.2, -0.15) is 4.98 Å². The van der Waals surface area contributed by atoms with Crippen molar-refractivity contribution >= 4 is 17.0 Å². The van der Waals surface area contributed by atoms with Crippen molar-refractivity contribution in [3.63, 3.8) is 0 Å². The topological polar surface area (TPSA) is 112 Å². The molecule has 0 spiro atoms. The second kappa shape index (κ2) is 7.63. The van der Waals surface area contributed by atoms with Crippen molar-refractivity contribution in [2.24, 2.45) is 0 Å². The van der Waals surface area contributed by atoms with Gasteiger partial charge < -0.3 is 19.0 Å². The maximum atomic E-state index is 12.3. The summed E-state index contributed by atoms with van der Waals surface area (Å²) in [6.45, 7) is 2.25. The Kier molecular flexibility index (Phi) is 4.86. The van der Waals surface area contributed by atoms with Gasteiger partial charge in [0.05, 0.1) is 19.2 Å². The van der Waals surface area contributed by atoms with Gasteiger partial charge >= 0.3 is 17.6 Å². The Labute approximate surface area is 164 Å². The lowest BCUT2D eigenvalue weighted by Crippen LogP contribution is -2.23. The van der Waals surface area contributed by atoms with Crippen LogP contribution in [0.1, 0.15) is 27.6 Å². The zero-order chi connectivity index (χ0) is 20.4. The number of amides is 1. The van der Waals surface area contributed by atoms with Crippen molar-refractivity contribution in [1.82, 2.24) is 20.0 Å². The summed E-state index contributed by atoms with van der Waals surface area (Å²) in [4.78, 5) is 28.5. The number of carbonyl (C=O) groups excluding carboxylic acids is 1. The summed E-state index contributed by atoms with van der Waals surface area (Å²) in [5.41, 5.74) is 2.98. The molecule has 2 heterocycles. The number of aryl methyl sites for hydroxylation is 1. The van der Waals surface area contributed by atoms with E-state index in [1.807, 2.05) is 31.2 Å². The van der Waals surface area contributed by atoms with Crippen molar-refractivity contribution in [3.8, 4) is 5.75 Å². The van der Waals surface area contributed by atoms with E-state index < -0.39 is 11.7 Å². The van der Waals surface area contributed by atoms with E-state index in [-0.39, 0.29) is 18.3 Å². The van der Waals surface area contributed by atoms with Crippen LogP contribution in [0.25, 0.3) is 11.1 Å². The molecule has 0 saturated carbocycles. The third kappa shape index (κ3) is 3.88. The molecule has 0 saturated heterocycles. The minimum absolute atomic E-state index is 0.0323. The summed E-state index contributed by atoms with van der Waals surface area (Å²) < 4.78 is 16.7. The molecule has 29 heavy (non-hydrogen) atoms. The number of ether oxygens (including phenoxy) is 1. The van der Waals surface area contributed by atoms with E-state index in [0.717, 1.165) is 16.9 Å². The Balaban J connectivity index is 1.45. The van der Waals surface area contributed by atoms with E-state index in [1.165, 1.54) is 4.57 Å². The van der Waals surface area contributed by atoms with E-state index in [4.69, 9.17) is 13.7 Å². The lowest BCUT2D eigenvalue weighted by Gasteiger charge is -2.04. The van der Waals surface area contributed by atoms with Gasteiger partial charge in [-0.1, -0.05) is 23.4 Å². The molecule has 9 heteroatoms. The van der Waals surface area contributed by atoms with Gasteiger partial charge in [-0.05, 0) is 42.3 Å². The highest BCUT2D eigenvalue weighted by atomic mass is 16.5. The molecule has 0 aliphatic heterocycles. The van der Waals surface area contributed by atoms with Gasteiger partial charge in [-0.15, -0.1) is 0 Å². The first-order chi connectivity index (χ1) is 14.0. The predicted molar refractivity (Wildman–Crippen MR) is 103 cm³/mol. The number of benzene rings is 2. The SMILES string of the molecule is COc1ccc(CNC(=O)c2nc(Cn3c(=O)oc4ccc(C)cc43)no2)cc1. The van der Waals surface area contributed by atoms with Gasteiger partial charge in [-0.3, -0.25) is 9.36 Å². The number of hydrogen-bond acceptors (Lipinski definition) is 7. The maximum Gasteiger partial charge on any atom is 0.420 e. The fourth-order valence-corrected chi connectivity index (χ4v) is 2.88. The average Bonchev–Trinajstić information content (AvgIpc) is 3.32. The smallest absolute Gasteiger partial charge is 0.420 e. The van der Waals surface area contributed by atoms with Crippen LogP contribution in [0, 0.1) is 6.92 Å². The van der Waals surface area contributed by atoms with Crippen molar-refractivity contribution in [1.29, 1.82) is 0 Å². The third-order valence-corrected chi connectivity index (χ3v) is 4.40. The van der Waals surface area contributed by atoms with E-state index in [9.17, 15) is 9.59 Å². The largest absolute Gasteiger partial charge is 0.497 e. The first-order valence-electron chi connectivity index (χ1n) is 8.87. The Hall–Kier alpha value is -3.88. The van der Waals surface area contributed by atoms with E-state index in [0.29, 0.717) is 17.6 Å². The van der Waals surface area contributed by atoms with Crippen LogP contribution in [0.5, 0.6) is 5.75 Å². The minimum atomic E-state index is -0.527. The maximum absolute atomic E-state index is 12.3. The molecule has 1 N–H and O–H groups in total. The Bertz CT molecular complexity index is 1220. The van der Waals surface area contributed by atoms with Gasteiger partial charge in [0.15, 0.2) is 11.4 Å². The molecule has 0 aliphatic carbocycles. The molecule has 0 bridgehead atoms. The fraction of sp³-hybridized carbons (Fsp3) is 0.200. The Morgan fingerprint density at radius 1 is 1.21 bits per heavy atom. The van der Waals surface area contributed by atoms with Crippen LogP contribution < -0.4 is 15.8 Å². The number of rotatable bonds is 6. The second-order valence-corrected chi connectivity index (χ2v) is 6.47. The molecule has 0 radical (unpaired) electrons. The zero-order valence-corrected chi connectivity index (χ0v) is 15.8. The highest BCUT2D eigenvalue weighted by Crippen LogP contribution is 2.15. The highest BCUT2D eigenvalue weighted by molar-refractivity contribution is 5.89. The minimum Gasteiger partial charge on any atom is -0.497 e. The average molecular weight is 394 g/mol. The molecule has 9 nitrogen and oxygen atoms in total. The van der Waals surface area contributed by atoms with Gasteiger partial charge in [0.2, 0.25) is 0 Å². The summed E-state index contributed by atoms with van der Waals surface area (Å²) in [6, 6.07) is 12.7. The number of nitrogens with zero attached hydrogens (tertiary/aromatic N) is 3. The molecule has 4 aromatic rings. The molecule has 4 rings (SSSR count). The van der Waals surface area contributed by atoms with Crippen LogP contribution in [0.15, 0.2) is 56.2 Å².